The van der Waals surface area contributed by atoms with Crippen molar-refractivity contribution in [1.82, 2.24) is 0 Å². The second-order valence-electron chi connectivity index (χ2n) is 3.83. The van der Waals surface area contributed by atoms with Crippen LogP contribution in [0.1, 0.15) is 27.2 Å². The number of carbonyl (C=O) groups excluding carboxylic acids is 1. The molecule has 0 aliphatic rings. The molecule has 3 nitrogen and oxygen atoms in total. The summed E-state index contributed by atoms with van der Waals surface area (Å²) in [5.74, 6) is -0.307. The van der Waals surface area contributed by atoms with Crippen LogP contribution in [0.15, 0.2) is 0 Å². The number of ether oxygens (including phenoxy) is 1. The van der Waals surface area contributed by atoms with Crippen LogP contribution in [0.2, 0.25) is 0 Å². The molecule has 0 aromatic carbocycles. The van der Waals surface area contributed by atoms with Crippen molar-refractivity contribution in [3.8, 4) is 0 Å². The molecule has 0 bridgehead atoms. The highest BCUT2D eigenvalue weighted by molar-refractivity contribution is 5.73. The Hall–Kier alpha value is -0.570. The lowest BCUT2D eigenvalue weighted by atomic mass is 9.99. The number of hydrogen-bond acceptors (Lipinski definition) is 2. The van der Waals surface area contributed by atoms with Crippen molar-refractivity contribution in [3.63, 3.8) is 0 Å². The number of amides is 1. The van der Waals surface area contributed by atoms with E-state index < -0.39 is 0 Å². The van der Waals surface area contributed by atoms with Gasteiger partial charge in [0.15, 0.2) is 0 Å². The largest absolute Gasteiger partial charge is 0.380 e. The van der Waals surface area contributed by atoms with Gasteiger partial charge in [-0.15, -0.1) is 0 Å². The third-order valence-corrected chi connectivity index (χ3v) is 1.03. The highest BCUT2D eigenvalue weighted by Gasteiger charge is 2.09. The molecule has 11 heavy (non-hydrogen) atoms. The van der Waals surface area contributed by atoms with Crippen LogP contribution >= 0.6 is 0 Å². The topological polar surface area (TPSA) is 52.3 Å². The maximum atomic E-state index is 10.3. The van der Waals surface area contributed by atoms with E-state index in [1.165, 1.54) is 0 Å². The van der Waals surface area contributed by atoms with Gasteiger partial charge in [0.25, 0.3) is 0 Å². The molecule has 3 heteroatoms. The molecule has 0 unspecified atom stereocenters. The Morgan fingerprint density at radius 1 is 1.45 bits per heavy atom. The van der Waals surface area contributed by atoms with Gasteiger partial charge in [0.2, 0.25) is 5.91 Å². The predicted molar refractivity (Wildman–Crippen MR) is 44.1 cm³/mol. The fraction of sp³-hybridized carbons (Fsp3) is 0.875. The summed E-state index contributed by atoms with van der Waals surface area (Å²) in [4.78, 5) is 10.3. The Labute approximate surface area is 67.9 Å². The first kappa shape index (κ1) is 10.4. The number of carbonyl (C=O) groups is 1. The van der Waals surface area contributed by atoms with Crippen LogP contribution in [0.4, 0.5) is 0 Å². The molecule has 1 amide bonds. The van der Waals surface area contributed by atoms with Gasteiger partial charge in [0, 0.05) is 6.42 Å². The second-order valence-corrected chi connectivity index (χ2v) is 3.83. The molecule has 0 aliphatic carbocycles. The average Bonchev–Trinajstić information content (AvgIpc) is 1.78. The lowest BCUT2D eigenvalue weighted by Gasteiger charge is -2.17. The quantitative estimate of drug-likeness (QED) is 0.620. The fourth-order valence-corrected chi connectivity index (χ4v) is 0.551. The van der Waals surface area contributed by atoms with E-state index in [4.69, 9.17) is 10.5 Å². The molecule has 0 saturated heterocycles. The molecule has 0 radical (unpaired) electrons. The van der Waals surface area contributed by atoms with Crippen LogP contribution in [0, 0.1) is 5.41 Å². The van der Waals surface area contributed by atoms with Gasteiger partial charge in [-0.2, -0.15) is 0 Å². The maximum absolute atomic E-state index is 10.3. The molecule has 0 atom stereocenters. The summed E-state index contributed by atoms with van der Waals surface area (Å²) in [6, 6.07) is 0. The Bertz CT molecular complexity index is 127. The minimum atomic E-state index is -0.307. The van der Waals surface area contributed by atoms with Crippen molar-refractivity contribution in [2.24, 2.45) is 11.1 Å². The van der Waals surface area contributed by atoms with Crippen LogP contribution in [-0.2, 0) is 9.53 Å². The van der Waals surface area contributed by atoms with E-state index in [0.29, 0.717) is 19.6 Å². The summed E-state index contributed by atoms with van der Waals surface area (Å²) < 4.78 is 5.21. The number of nitrogens with two attached hydrogens (primary N) is 1. The molecule has 0 aliphatic heterocycles. The Kier molecular flexibility index (Phi) is 4.11. The Balaban J connectivity index is 3.22. The molecule has 2 N–H and O–H groups in total. The van der Waals surface area contributed by atoms with Gasteiger partial charge in [0.1, 0.15) is 0 Å². The minimum absolute atomic E-state index is 0.164. The summed E-state index contributed by atoms with van der Waals surface area (Å²) >= 11 is 0. The molecule has 0 fully saturated rings. The molecule has 0 rings (SSSR count). The van der Waals surface area contributed by atoms with Crippen molar-refractivity contribution in [3.05, 3.63) is 0 Å². The SMILES string of the molecule is CC(C)(C)COCCC(N)=O. The molecular weight excluding hydrogens is 142 g/mol. The summed E-state index contributed by atoms with van der Waals surface area (Å²) in [6.07, 6.45) is 0.316. The normalized spacial score (nSPS) is 11.5. The number of hydrogen-bond donors (Lipinski definition) is 1. The van der Waals surface area contributed by atoms with Gasteiger partial charge in [-0.1, -0.05) is 20.8 Å². The van der Waals surface area contributed by atoms with Gasteiger partial charge in [-0.25, -0.2) is 0 Å². The van der Waals surface area contributed by atoms with Crippen LogP contribution in [0.5, 0.6) is 0 Å². The van der Waals surface area contributed by atoms with Crippen molar-refractivity contribution in [2.45, 2.75) is 27.2 Å². The van der Waals surface area contributed by atoms with Crippen molar-refractivity contribution in [2.75, 3.05) is 13.2 Å². The third kappa shape index (κ3) is 9.43. The molecule has 0 spiro atoms. The van der Waals surface area contributed by atoms with Crippen LogP contribution < -0.4 is 5.73 Å². The van der Waals surface area contributed by atoms with E-state index >= 15 is 0 Å². The Morgan fingerprint density at radius 2 is 2.00 bits per heavy atom. The summed E-state index contributed by atoms with van der Waals surface area (Å²) in [6.45, 7) is 7.35. The summed E-state index contributed by atoms with van der Waals surface area (Å²) in [7, 11) is 0. The molecule has 0 heterocycles. The predicted octanol–water partition coefficient (Wildman–Crippen LogP) is 0.924. The maximum Gasteiger partial charge on any atom is 0.219 e. The molecule has 0 aromatic rings. The highest BCUT2D eigenvalue weighted by atomic mass is 16.5. The number of primary amides is 1. The molecule has 0 aromatic heterocycles. The van der Waals surface area contributed by atoms with E-state index in [-0.39, 0.29) is 11.3 Å². The van der Waals surface area contributed by atoms with E-state index in [0.717, 1.165) is 0 Å². The van der Waals surface area contributed by atoms with E-state index in [1.54, 1.807) is 0 Å². The smallest absolute Gasteiger partial charge is 0.219 e. The lowest BCUT2D eigenvalue weighted by Crippen LogP contribution is -2.18. The van der Waals surface area contributed by atoms with E-state index in [1.807, 2.05) is 0 Å². The summed E-state index contributed by atoms with van der Waals surface area (Å²) in [5.41, 5.74) is 5.09. The van der Waals surface area contributed by atoms with Crippen LogP contribution in [0.3, 0.4) is 0 Å². The van der Waals surface area contributed by atoms with E-state index in [2.05, 4.69) is 20.8 Å². The van der Waals surface area contributed by atoms with Crippen LogP contribution in [0.25, 0.3) is 0 Å². The lowest BCUT2D eigenvalue weighted by molar-refractivity contribution is -0.119. The molecule has 0 saturated carbocycles. The first-order valence-corrected chi connectivity index (χ1v) is 3.78. The Morgan fingerprint density at radius 3 is 2.36 bits per heavy atom. The summed E-state index contributed by atoms with van der Waals surface area (Å²) in [5, 5.41) is 0. The zero-order valence-corrected chi connectivity index (χ0v) is 7.52. The first-order chi connectivity index (χ1) is 4.92. The average molecular weight is 159 g/mol. The first-order valence-electron chi connectivity index (χ1n) is 3.78. The van der Waals surface area contributed by atoms with Gasteiger partial charge < -0.3 is 10.5 Å². The minimum Gasteiger partial charge on any atom is -0.380 e. The monoisotopic (exact) mass is 159 g/mol. The van der Waals surface area contributed by atoms with Crippen molar-refractivity contribution in [1.29, 1.82) is 0 Å². The fourth-order valence-electron chi connectivity index (χ4n) is 0.551. The third-order valence-electron chi connectivity index (χ3n) is 1.03. The second kappa shape index (κ2) is 4.34. The zero-order chi connectivity index (χ0) is 8.91. The highest BCUT2D eigenvalue weighted by Crippen LogP contribution is 2.12. The molecule has 66 valence electrons. The van der Waals surface area contributed by atoms with E-state index in [9.17, 15) is 4.79 Å². The van der Waals surface area contributed by atoms with Gasteiger partial charge in [0.05, 0.1) is 13.2 Å². The van der Waals surface area contributed by atoms with Crippen molar-refractivity contribution >= 4 is 5.91 Å². The zero-order valence-electron chi connectivity index (χ0n) is 7.52. The van der Waals surface area contributed by atoms with Gasteiger partial charge >= 0.3 is 0 Å². The van der Waals surface area contributed by atoms with Crippen molar-refractivity contribution < 1.29 is 9.53 Å². The van der Waals surface area contributed by atoms with Crippen LogP contribution in [-0.4, -0.2) is 19.1 Å². The number of rotatable bonds is 4. The molecular formula is C8H17NO2. The van der Waals surface area contributed by atoms with Gasteiger partial charge in [-0.05, 0) is 5.41 Å². The van der Waals surface area contributed by atoms with Gasteiger partial charge in [-0.3, -0.25) is 4.79 Å². The standard InChI is InChI=1S/C8H17NO2/c1-8(2,3)6-11-5-4-7(9)10/h4-6H2,1-3H3,(H2,9,10).